The number of hydrogen-bond donors (Lipinski definition) is 1. The van der Waals surface area contributed by atoms with E-state index in [4.69, 9.17) is 0 Å². The quantitative estimate of drug-likeness (QED) is 0.535. The first-order chi connectivity index (χ1) is 5.59. The van der Waals surface area contributed by atoms with Gasteiger partial charge in [-0.15, -0.1) is 0 Å². The standard InChI is InChI=1S/C8H10N2O2/c1-5(11)3-8(12)7-4-9-6(2)10-7/h4H,3H2,1-2H3,(H,9,10). The summed E-state index contributed by atoms with van der Waals surface area (Å²) in [4.78, 5) is 28.4. The summed E-state index contributed by atoms with van der Waals surface area (Å²) in [5.74, 6) is 0.345. The Kier molecular flexibility index (Phi) is 2.38. The lowest BCUT2D eigenvalue weighted by Crippen LogP contribution is -2.05. The highest BCUT2D eigenvalue weighted by Gasteiger charge is 2.09. The molecule has 0 atom stereocenters. The van der Waals surface area contributed by atoms with Crippen LogP contribution in [0.5, 0.6) is 0 Å². The summed E-state index contributed by atoms with van der Waals surface area (Å²) in [6.07, 6.45) is 1.39. The molecule has 0 aliphatic heterocycles. The van der Waals surface area contributed by atoms with E-state index in [-0.39, 0.29) is 18.0 Å². The van der Waals surface area contributed by atoms with Crippen LogP contribution in [0.3, 0.4) is 0 Å². The second-order valence-corrected chi connectivity index (χ2v) is 2.68. The molecule has 1 rings (SSSR count). The van der Waals surface area contributed by atoms with Crippen molar-refractivity contribution in [2.24, 2.45) is 0 Å². The van der Waals surface area contributed by atoms with Gasteiger partial charge in [0.25, 0.3) is 0 Å². The smallest absolute Gasteiger partial charge is 0.187 e. The average Bonchev–Trinajstić information content (AvgIpc) is 2.34. The summed E-state index contributed by atoms with van der Waals surface area (Å²) in [6, 6.07) is 0. The van der Waals surface area contributed by atoms with E-state index in [9.17, 15) is 9.59 Å². The first-order valence-electron chi connectivity index (χ1n) is 3.64. The van der Waals surface area contributed by atoms with E-state index in [1.54, 1.807) is 6.92 Å². The molecule has 1 N–H and O–H groups in total. The van der Waals surface area contributed by atoms with E-state index in [0.29, 0.717) is 11.5 Å². The van der Waals surface area contributed by atoms with Crippen LogP contribution in [0.2, 0.25) is 0 Å². The molecule has 1 aromatic heterocycles. The Morgan fingerprint density at radius 2 is 2.25 bits per heavy atom. The molecule has 12 heavy (non-hydrogen) atoms. The van der Waals surface area contributed by atoms with Gasteiger partial charge in [0.1, 0.15) is 17.3 Å². The fourth-order valence-electron chi connectivity index (χ4n) is 0.884. The molecular weight excluding hydrogens is 156 g/mol. The molecule has 1 aromatic rings. The maximum absolute atomic E-state index is 11.2. The van der Waals surface area contributed by atoms with E-state index in [0.717, 1.165) is 0 Å². The SMILES string of the molecule is CC(=O)CC(=O)c1cnc(C)[nH]1. The van der Waals surface area contributed by atoms with E-state index in [1.807, 2.05) is 0 Å². The minimum atomic E-state index is -0.205. The number of carbonyl (C=O) groups excluding carboxylic acids is 2. The Labute approximate surface area is 70.0 Å². The van der Waals surface area contributed by atoms with Crippen LogP contribution in [0, 0.1) is 6.92 Å². The van der Waals surface area contributed by atoms with Crippen LogP contribution in [-0.4, -0.2) is 21.5 Å². The zero-order valence-electron chi connectivity index (χ0n) is 7.05. The van der Waals surface area contributed by atoms with E-state index < -0.39 is 0 Å². The third-order valence-electron chi connectivity index (χ3n) is 1.41. The number of Topliss-reactive ketones (excluding diaryl/α,β-unsaturated/α-hetero) is 2. The minimum absolute atomic E-state index is 0.0539. The van der Waals surface area contributed by atoms with Gasteiger partial charge < -0.3 is 4.98 Å². The maximum atomic E-state index is 11.2. The van der Waals surface area contributed by atoms with Crippen molar-refractivity contribution in [2.45, 2.75) is 20.3 Å². The first kappa shape index (κ1) is 8.64. The molecule has 0 fully saturated rings. The van der Waals surface area contributed by atoms with E-state index in [1.165, 1.54) is 13.1 Å². The van der Waals surface area contributed by atoms with Crippen molar-refractivity contribution in [3.05, 3.63) is 17.7 Å². The maximum Gasteiger partial charge on any atom is 0.187 e. The molecule has 0 amide bonds. The fraction of sp³-hybridized carbons (Fsp3) is 0.375. The van der Waals surface area contributed by atoms with E-state index in [2.05, 4.69) is 9.97 Å². The van der Waals surface area contributed by atoms with Gasteiger partial charge in [-0.2, -0.15) is 0 Å². The number of ketones is 2. The molecule has 0 bridgehead atoms. The number of nitrogens with one attached hydrogen (secondary N) is 1. The Balaban J connectivity index is 2.72. The highest BCUT2D eigenvalue weighted by molar-refractivity contribution is 6.06. The number of carbonyl (C=O) groups is 2. The third-order valence-corrected chi connectivity index (χ3v) is 1.41. The van der Waals surface area contributed by atoms with Crippen molar-refractivity contribution in [1.82, 2.24) is 9.97 Å². The Bertz CT molecular complexity index is 315. The number of H-pyrrole nitrogens is 1. The van der Waals surface area contributed by atoms with Gasteiger partial charge in [-0.3, -0.25) is 9.59 Å². The van der Waals surface area contributed by atoms with Crippen molar-refractivity contribution in [3.8, 4) is 0 Å². The number of aromatic amines is 1. The van der Waals surface area contributed by atoms with E-state index >= 15 is 0 Å². The zero-order chi connectivity index (χ0) is 9.14. The molecule has 0 saturated carbocycles. The van der Waals surface area contributed by atoms with Crippen LogP contribution in [0.4, 0.5) is 0 Å². The summed E-state index contributed by atoms with van der Waals surface area (Å²) in [5.41, 5.74) is 0.405. The molecular formula is C8H10N2O2. The molecule has 0 aliphatic carbocycles. The molecule has 1 heterocycles. The molecule has 0 aromatic carbocycles. The lowest BCUT2D eigenvalue weighted by atomic mass is 10.2. The van der Waals surface area contributed by atoms with Crippen LogP contribution in [0.15, 0.2) is 6.20 Å². The van der Waals surface area contributed by atoms with Crippen LogP contribution in [-0.2, 0) is 4.79 Å². The highest BCUT2D eigenvalue weighted by atomic mass is 16.1. The van der Waals surface area contributed by atoms with Crippen molar-refractivity contribution in [3.63, 3.8) is 0 Å². The number of aromatic nitrogens is 2. The van der Waals surface area contributed by atoms with Crippen molar-refractivity contribution in [2.75, 3.05) is 0 Å². The molecule has 0 aliphatic rings. The highest BCUT2D eigenvalue weighted by Crippen LogP contribution is 2.00. The number of nitrogens with zero attached hydrogens (tertiary/aromatic N) is 1. The predicted octanol–water partition coefficient (Wildman–Crippen LogP) is 0.880. The molecule has 4 heteroatoms. The lowest BCUT2D eigenvalue weighted by molar-refractivity contribution is -0.116. The van der Waals surface area contributed by atoms with Gasteiger partial charge in [0.05, 0.1) is 12.6 Å². The zero-order valence-corrected chi connectivity index (χ0v) is 7.05. The lowest BCUT2D eigenvalue weighted by Gasteiger charge is -1.91. The second-order valence-electron chi connectivity index (χ2n) is 2.68. The van der Waals surface area contributed by atoms with Gasteiger partial charge in [-0.05, 0) is 13.8 Å². The summed E-state index contributed by atoms with van der Waals surface area (Å²) in [6.45, 7) is 3.14. The van der Waals surface area contributed by atoms with Gasteiger partial charge in [0.2, 0.25) is 0 Å². The van der Waals surface area contributed by atoms with Gasteiger partial charge in [-0.1, -0.05) is 0 Å². The minimum Gasteiger partial charge on any atom is -0.340 e. The Morgan fingerprint density at radius 3 is 2.67 bits per heavy atom. The van der Waals surface area contributed by atoms with Crippen LogP contribution in [0.25, 0.3) is 0 Å². The number of aryl methyl sites for hydroxylation is 1. The van der Waals surface area contributed by atoms with Crippen LogP contribution < -0.4 is 0 Å². The number of imidazole rings is 1. The van der Waals surface area contributed by atoms with Crippen molar-refractivity contribution >= 4 is 11.6 Å². The molecule has 64 valence electrons. The predicted molar refractivity (Wildman–Crippen MR) is 43.0 cm³/mol. The first-order valence-corrected chi connectivity index (χ1v) is 3.64. The molecule has 4 nitrogen and oxygen atoms in total. The summed E-state index contributed by atoms with van der Waals surface area (Å²) < 4.78 is 0. The van der Waals surface area contributed by atoms with Crippen LogP contribution in [0.1, 0.15) is 29.7 Å². The van der Waals surface area contributed by atoms with Gasteiger partial charge >= 0.3 is 0 Å². The fourth-order valence-corrected chi connectivity index (χ4v) is 0.884. The second kappa shape index (κ2) is 3.30. The van der Waals surface area contributed by atoms with Crippen molar-refractivity contribution in [1.29, 1.82) is 0 Å². The topological polar surface area (TPSA) is 62.8 Å². The number of rotatable bonds is 3. The van der Waals surface area contributed by atoms with Gasteiger partial charge in [0, 0.05) is 0 Å². The van der Waals surface area contributed by atoms with Crippen LogP contribution >= 0.6 is 0 Å². The third kappa shape index (κ3) is 2.02. The van der Waals surface area contributed by atoms with Gasteiger partial charge in [-0.25, -0.2) is 4.98 Å². The molecule has 0 saturated heterocycles. The number of hydrogen-bond acceptors (Lipinski definition) is 3. The van der Waals surface area contributed by atoms with Crippen molar-refractivity contribution < 1.29 is 9.59 Å². The van der Waals surface area contributed by atoms with Gasteiger partial charge in [0.15, 0.2) is 5.78 Å². The molecule has 0 spiro atoms. The normalized spacial score (nSPS) is 9.83. The monoisotopic (exact) mass is 166 g/mol. The Morgan fingerprint density at radius 1 is 1.58 bits per heavy atom. The molecule has 0 unspecified atom stereocenters. The molecule has 0 radical (unpaired) electrons. The summed E-state index contributed by atoms with van der Waals surface area (Å²) in [7, 11) is 0. The summed E-state index contributed by atoms with van der Waals surface area (Å²) >= 11 is 0. The summed E-state index contributed by atoms with van der Waals surface area (Å²) in [5, 5.41) is 0. The Hall–Kier alpha value is -1.45. The largest absolute Gasteiger partial charge is 0.340 e. The average molecular weight is 166 g/mol.